The van der Waals surface area contributed by atoms with Crippen LogP contribution in [-0.4, -0.2) is 13.4 Å². The molecule has 0 unspecified atom stereocenters. The van der Waals surface area contributed by atoms with Crippen LogP contribution >= 0.6 is 0 Å². The molecule has 0 heterocycles. The van der Waals surface area contributed by atoms with E-state index in [1.807, 2.05) is 0 Å². The summed E-state index contributed by atoms with van der Waals surface area (Å²) in [6, 6.07) is 11.0. The molecule has 3 nitrogen and oxygen atoms in total. The maximum atomic E-state index is 12.8. The zero-order chi connectivity index (χ0) is 13.7. The molecule has 0 aromatic heterocycles. The van der Waals surface area contributed by atoms with Gasteiger partial charge < -0.3 is 9.47 Å². The Kier molecular flexibility index (Phi) is 4.13. The van der Waals surface area contributed by atoms with Gasteiger partial charge in [-0.1, -0.05) is 12.1 Å². The highest BCUT2D eigenvalue weighted by Gasteiger charge is 2.05. The fourth-order valence-electron chi connectivity index (χ4n) is 1.62. The molecule has 98 valence electrons. The van der Waals surface area contributed by atoms with Crippen molar-refractivity contribution in [3.63, 3.8) is 0 Å². The monoisotopic (exact) mass is 260 g/mol. The molecule has 0 saturated heterocycles. The number of ether oxygens (including phenoxy) is 2. The first-order chi connectivity index (χ1) is 9.22. The van der Waals surface area contributed by atoms with Crippen LogP contribution in [0.25, 0.3) is 0 Å². The molecule has 0 aliphatic heterocycles. The van der Waals surface area contributed by atoms with Gasteiger partial charge in [0.2, 0.25) is 0 Å². The molecule has 0 saturated carbocycles. The van der Waals surface area contributed by atoms with Gasteiger partial charge in [-0.15, -0.1) is 0 Å². The fourth-order valence-corrected chi connectivity index (χ4v) is 1.62. The van der Waals surface area contributed by atoms with Gasteiger partial charge in [0.1, 0.15) is 23.9 Å². The molecule has 0 N–H and O–H groups in total. The molecule has 0 fully saturated rings. The lowest BCUT2D eigenvalue weighted by atomic mass is 10.2. The smallest absolute Gasteiger partial charge is 0.153 e. The van der Waals surface area contributed by atoms with E-state index in [2.05, 4.69) is 0 Å². The van der Waals surface area contributed by atoms with E-state index in [1.54, 1.807) is 30.3 Å². The summed E-state index contributed by atoms with van der Waals surface area (Å²) in [5.74, 6) is 0.776. The van der Waals surface area contributed by atoms with Gasteiger partial charge in [0.15, 0.2) is 6.29 Å². The zero-order valence-corrected chi connectivity index (χ0v) is 10.4. The lowest BCUT2D eigenvalue weighted by molar-refractivity contribution is 0.111. The summed E-state index contributed by atoms with van der Waals surface area (Å²) in [7, 11) is 1.53. The molecule has 0 spiro atoms. The molecular weight excluding hydrogens is 247 g/mol. The van der Waals surface area contributed by atoms with Gasteiger partial charge in [-0.25, -0.2) is 4.39 Å². The second-order valence-corrected chi connectivity index (χ2v) is 3.94. The van der Waals surface area contributed by atoms with Crippen LogP contribution in [0.3, 0.4) is 0 Å². The van der Waals surface area contributed by atoms with Crippen LogP contribution in [0.1, 0.15) is 15.9 Å². The highest BCUT2D eigenvalue weighted by molar-refractivity contribution is 5.80. The van der Waals surface area contributed by atoms with Crippen LogP contribution in [0, 0.1) is 5.82 Å². The highest BCUT2D eigenvalue weighted by Crippen LogP contribution is 2.23. The molecular formula is C15H13FO3. The predicted octanol–water partition coefficient (Wildman–Crippen LogP) is 3.23. The maximum absolute atomic E-state index is 12.8. The Morgan fingerprint density at radius 3 is 2.53 bits per heavy atom. The molecule has 2 aromatic carbocycles. The first-order valence-electron chi connectivity index (χ1n) is 5.73. The SMILES string of the molecule is COc1ccc(OCc2ccc(F)cc2)c(C=O)c1. The number of carbonyl (C=O) groups is 1. The molecule has 0 amide bonds. The predicted molar refractivity (Wildman–Crippen MR) is 69.1 cm³/mol. The summed E-state index contributed by atoms with van der Waals surface area (Å²) in [4.78, 5) is 11.0. The van der Waals surface area contributed by atoms with Crippen molar-refractivity contribution in [2.24, 2.45) is 0 Å². The standard InChI is InChI=1S/C15H13FO3/c1-18-14-6-7-15(12(8-14)9-17)19-10-11-2-4-13(16)5-3-11/h2-9H,10H2,1H3. The molecule has 0 aliphatic rings. The van der Waals surface area contributed by atoms with Gasteiger partial charge in [-0.3, -0.25) is 4.79 Å². The van der Waals surface area contributed by atoms with Gasteiger partial charge in [-0.05, 0) is 35.9 Å². The summed E-state index contributed by atoms with van der Waals surface area (Å²) in [5, 5.41) is 0. The van der Waals surface area contributed by atoms with Crippen molar-refractivity contribution in [2.75, 3.05) is 7.11 Å². The number of rotatable bonds is 5. The lowest BCUT2D eigenvalue weighted by Crippen LogP contribution is -1.99. The van der Waals surface area contributed by atoms with E-state index in [4.69, 9.17) is 9.47 Å². The van der Waals surface area contributed by atoms with Gasteiger partial charge in [0, 0.05) is 0 Å². The van der Waals surface area contributed by atoms with Gasteiger partial charge in [0.25, 0.3) is 0 Å². The van der Waals surface area contributed by atoms with Crippen molar-refractivity contribution in [3.05, 3.63) is 59.4 Å². The molecule has 2 rings (SSSR count). The topological polar surface area (TPSA) is 35.5 Å². The quantitative estimate of drug-likeness (QED) is 0.774. The Balaban J connectivity index is 2.10. The van der Waals surface area contributed by atoms with Crippen molar-refractivity contribution in [2.45, 2.75) is 6.61 Å². The summed E-state index contributed by atoms with van der Waals surface area (Å²) in [6.07, 6.45) is 0.711. The van der Waals surface area contributed by atoms with Crippen molar-refractivity contribution in [3.8, 4) is 11.5 Å². The number of carbonyl (C=O) groups excluding carboxylic acids is 1. The number of benzene rings is 2. The first-order valence-corrected chi connectivity index (χ1v) is 5.73. The maximum Gasteiger partial charge on any atom is 0.153 e. The lowest BCUT2D eigenvalue weighted by Gasteiger charge is -2.09. The molecule has 0 aliphatic carbocycles. The Morgan fingerprint density at radius 2 is 1.89 bits per heavy atom. The van der Waals surface area contributed by atoms with E-state index in [0.717, 1.165) is 5.56 Å². The minimum atomic E-state index is -0.290. The minimum absolute atomic E-state index is 0.271. The van der Waals surface area contributed by atoms with E-state index in [1.165, 1.54) is 19.2 Å². The minimum Gasteiger partial charge on any atom is -0.497 e. The molecule has 2 aromatic rings. The Hall–Kier alpha value is -2.36. The molecule has 0 atom stereocenters. The normalized spacial score (nSPS) is 10.0. The summed E-state index contributed by atoms with van der Waals surface area (Å²) >= 11 is 0. The Labute approximate surface area is 110 Å². The third kappa shape index (κ3) is 3.31. The number of halogens is 1. The van der Waals surface area contributed by atoms with Crippen molar-refractivity contribution in [1.82, 2.24) is 0 Å². The van der Waals surface area contributed by atoms with Crippen LogP contribution in [-0.2, 0) is 6.61 Å². The zero-order valence-electron chi connectivity index (χ0n) is 10.4. The molecule has 4 heteroatoms. The van der Waals surface area contributed by atoms with Crippen LogP contribution in [0.4, 0.5) is 4.39 Å². The Bertz CT molecular complexity index is 564. The number of aldehydes is 1. The Morgan fingerprint density at radius 1 is 1.16 bits per heavy atom. The largest absolute Gasteiger partial charge is 0.497 e. The number of hydrogen-bond acceptors (Lipinski definition) is 3. The highest BCUT2D eigenvalue weighted by atomic mass is 19.1. The second kappa shape index (κ2) is 6.00. The summed E-state index contributed by atoms with van der Waals surface area (Å²) < 4.78 is 23.3. The number of methoxy groups -OCH3 is 1. The van der Waals surface area contributed by atoms with E-state index < -0.39 is 0 Å². The fraction of sp³-hybridized carbons (Fsp3) is 0.133. The third-order valence-electron chi connectivity index (χ3n) is 2.65. The number of hydrogen-bond donors (Lipinski definition) is 0. The van der Waals surface area contributed by atoms with Gasteiger partial charge in [-0.2, -0.15) is 0 Å². The van der Waals surface area contributed by atoms with Gasteiger partial charge in [0.05, 0.1) is 12.7 Å². The van der Waals surface area contributed by atoms with Gasteiger partial charge >= 0.3 is 0 Å². The van der Waals surface area contributed by atoms with Crippen LogP contribution in [0.15, 0.2) is 42.5 Å². The van der Waals surface area contributed by atoms with Crippen molar-refractivity contribution < 1.29 is 18.7 Å². The van der Waals surface area contributed by atoms with Crippen molar-refractivity contribution in [1.29, 1.82) is 0 Å². The van der Waals surface area contributed by atoms with Crippen LogP contribution < -0.4 is 9.47 Å². The average molecular weight is 260 g/mol. The average Bonchev–Trinajstić information content (AvgIpc) is 2.46. The summed E-state index contributed by atoms with van der Waals surface area (Å²) in [5.41, 5.74) is 1.25. The van der Waals surface area contributed by atoms with E-state index in [0.29, 0.717) is 23.3 Å². The summed E-state index contributed by atoms with van der Waals surface area (Å²) in [6.45, 7) is 0.271. The molecule has 19 heavy (non-hydrogen) atoms. The molecule has 0 bridgehead atoms. The van der Waals surface area contributed by atoms with E-state index in [-0.39, 0.29) is 12.4 Å². The van der Waals surface area contributed by atoms with E-state index >= 15 is 0 Å². The van der Waals surface area contributed by atoms with E-state index in [9.17, 15) is 9.18 Å². The van der Waals surface area contributed by atoms with Crippen molar-refractivity contribution >= 4 is 6.29 Å². The van der Waals surface area contributed by atoms with Crippen LogP contribution in [0.5, 0.6) is 11.5 Å². The van der Waals surface area contributed by atoms with Crippen LogP contribution in [0.2, 0.25) is 0 Å². The third-order valence-corrected chi connectivity index (χ3v) is 2.65. The molecule has 0 radical (unpaired) electrons. The second-order valence-electron chi connectivity index (χ2n) is 3.94. The first kappa shape index (κ1) is 13.1.